The third kappa shape index (κ3) is 4.29. The number of carbonyl (C=O) groups is 1. The summed E-state index contributed by atoms with van der Waals surface area (Å²) in [7, 11) is 0. The highest BCUT2D eigenvalue weighted by Gasteiger charge is 2.73. The van der Waals surface area contributed by atoms with Gasteiger partial charge in [-0.15, -0.1) is 0 Å². The first-order chi connectivity index (χ1) is 19.9. The number of nitriles is 1. The molecule has 6 atom stereocenters. The second-order valence-electron chi connectivity index (χ2n) is 14.4. The van der Waals surface area contributed by atoms with E-state index in [1.165, 1.54) is 44.6 Å². The standard InChI is InChI=1S/C34H37F3N2O3/c1-31(2)20-39(30(40)29(31)42-27-8-5-24(18-38)28(13-27)34(35,36)37)19-21-3-6-26(7-4-21)41-10-9-32-14-23-11-22-12-25(17-32)33(32,15-22)16-23/h3-8,13,22-23,25,29H,9-12,14-17,19-20H2,1-2H3/t22?,23?,25?,29-,32?,33?/m0/s1. The van der Waals surface area contributed by atoms with Gasteiger partial charge in [0.1, 0.15) is 11.5 Å². The zero-order chi connectivity index (χ0) is 29.5. The van der Waals surface area contributed by atoms with E-state index in [1.54, 1.807) is 11.0 Å². The molecule has 42 heavy (non-hydrogen) atoms. The lowest BCUT2D eigenvalue weighted by Gasteiger charge is -2.59. The predicted octanol–water partition coefficient (Wildman–Crippen LogP) is 7.38. The topological polar surface area (TPSA) is 62.6 Å². The molecule has 0 aromatic heterocycles. The van der Waals surface area contributed by atoms with Gasteiger partial charge in [0.05, 0.1) is 23.8 Å². The summed E-state index contributed by atoms with van der Waals surface area (Å²) in [4.78, 5) is 15.0. The minimum Gasteiger partial charge on any atom is -0.494 e. The van der Waals surface area contributed by atoms with Gasteiger partial charge in [0.2, 0.25) is 0 Å². The highest BCUT2D eigenvalue weighted by molar-refractivity contribution is 5.84. The number of rotatable bonds is 8. The lowest BCUT2D eigenvalue weighted by molar-refractivity contribution is -0.138. The third-order valence-corrected chi connectivity index (χ3v) is 11.4. The summed E-state index contributed by atoms with van der Waals surface area (Å²) in [6, 6.07) is 12.6. The highest BCUT2D eigenvalue weighted by atomic mass is 19.4. The summed E-state index contributed by atoms with van der Waals surface area (Å²) < 4.78 is 52.4. The molecule has 5 aliphatic rings. The average molecular weight is 579 g/mol. The number of halogens is 3. The number of likely N-dealkylation sites (tertiary alicyclic amines) is 1. The lowest BCUT2D eigenvalue weighted by Crippen LogP contribution is -2.52. The first-order valence-corrected chi connectivity index (χ1v) is 15.2. The van der Waals surface area contributed by atoms with E-state index in [4.69, 9.17) is 14.7 Å². The van der Waals surface area contributed by atoms with Crippen LogP contribution in [0.25, 0.3) is 0 Å². The fourth-order valence-electron chi connectivity index (χ4n) is 9.87. The van der Waals surface area contributed by atoms with Crippen LogP contribution in [0.4, 0.5) is 13.2 Å². The maximum Gasteiger partial charge on any atom is 0.417 e. The van der Waals surface area contributed by atoms with E-state index < -0.39 is 28.8 Å². The van der Waals surface area contributed by atoms with Crippen molar-refractivity contribution in [2.45, 2.75) is 77.6 Å². The monoisotopic (exact) mass is 578 g/mol. The highest BCUT2D eigenvalue weighted by Crippen LogP contribution is 2.82. The first-order valence-electron chi connectivity index (χ1n) is 15.2. The molecule has 222 valence electrons. The molecule has 8 heteroatoms. The Balaban J connectivity index is 0.959. The van der Waals surface area contributed by atoms with Crippen molar-refractivity contribution >= 4 is 5.91 Å². The zero-order valence-corrected chi connectivity index (χ0v) is 24.2. The molecule has 1 saturated heterocycles. The number of nitrogens with zero attached hydrogens (tertiary/aromatic N) is 2. The number of fused-ring (bicyclic) bond motifs is 2. The number of amides is 1. The molecule has 1 spiro atoms. The molecule has 3 bridgehead atoms. The van der Waals surface area contributed by atoms with E-state index in [9.17, 15) is 18.0 Å². The van der Waals surface area contributed by atoms with Crippen LogP contribution in [0.2, 0.25) is 0 Å². The number of ether oxygens (including phenoxy) is 2. The maximum absolute atomic E-state index is 13.4. The van der Waals surface area contributed by atoms with E-state index >= 15 is 0 Å². The van der Waals surface area contributed by atoms with Gasteiger partial charge >= 0.3 is 6.18 Å². The Morgan fingerprint density at radius 2 is 1.74 bits per heavy atom. The Hall–Kier alpha value is -3.21. The third-order valence-electron chi connectivity index (χ3n) is 11.4. The Morgan fingerprint density at radius 3 is 2.48 bits per heavy atom. The summed E-state index contributed by atoms with van der Waals surface area (Å²) in [6.45, 7) is 5.26. The van der Waals surface area contributed by atoms with Crippen molar-refractivity contribution in [2.24, 2.45) is 34.0 Å². The van der Waals surface area contributed by atoms with Crippen molar-refractivity contribution < 1.29 is 27.4 Å². The van der Waals surface area contributed by atoms with Gasteiger partial charge in [-0.3, -0.25) is 4.79 Å². The van der Waals surface area contributed by atoms with Crippen molar-refractivity contribution in [1.29, 1.82) is 5.26 Å². The number of benzene rings is 2. The van der Waals surface area contributed by atoms with Crippen molar-refractivity contribution in [2.75, 3.05) is 13.2 Å². The molecule has 1 aliphatic heterocycles. The summed E-state index contributed by atoms with van der Waals surface area (Å²) in [5, 5.41) is 9.06. The van der Waals surface area contributed by atoms with Gasteiger partial charge in [0.25, 0.3) is 5.91 Å². The molecule has 0 N–H and O–H groups in total. The molecule has 0 radical (unpaired) electrons. The van der Waals surface area contributed by atoms with Gasteiger partial charge in [-0.25, -0.2) is 0 Å². The number of hydrogen-bond acceptors (Lipinski definition) is 4. The normalized spacial score (nSPS) is 33.8. The minimum absolute atomic E-state index is 0.0820. The molecule has 4 saturated carbocycles. The molecule has 2 aromatic rings. The quantitative estimate of drug-likeness (QED) is 0.328. The molecule has 1 amide bonds. The van der Waals surface area contributed by atoms with Gasteiger partial charge in [0.15, 0.2) is 6.10 Å². The van der Waals surface area contributed by atoms with Crippen LogP contribution in [0.3, 0.4) is 0 Å². The van der Waals surface area contributed by atoms with E-state index in [0.29, 0.717) is 23.9 Å². The lowest BCUT2D eigenvalue weighted by atomic mass is 9.45. The molecular weight excluding hydrogens is 541 g/mol. The smallest absolute Gasteiger partial charge is 0.417 e. The molecule has 5 unspecified atom stereocenters. The van der Waals surface area contributed by atoms with Crippen LogP contribution >= 0.6 is 0 Å². The number of carbonyl (C=O) groups excluding carboxylic acids is 1. The largest absolute Gasteiger partial charge is 0.494 e. The Bertz CT molecular complexity index is 1440. The summed E-state index contributed by atoms with van der Waals surface area (Å²) in [5.74, 6) is 3.39. The fraction of sp³-hybridized carbons (Fsp3) is 0.588. The van der Waals surface area contributed by atoms with Gasteiger partial charge in [-0.05, 0) is 109 Å². The summed E-state index contributed by atoms with van der Waals surface area (Å²) in [6.07, 6.45) is 4.17. The second kappa shape index (κ2) is 9.39. The summed E-state index contributed by atoms with van der Waals surface area (Å²) >= 11 is 0. The van der Waals surface area contributed by atoms with Crippen LogP contribution in [0.5, 0.6) is 11.5 Å². The van der Waals surface area contributed by atoms with Gasteiger partial charge in [-0.1, -0.05) is 26.0 Å². The maximum atomic E-state index is 13.4. The molecule has 1 heterocycles. The minimum atomic E-state index is -4.70. The first kappa shape index (κ1) is 27.6. The van der Waals surface area contributed by atoms with Crippen molar-refractivity contribution in [1.82, 2.24) is 4.90 Å². The Kier molecular flexibility index (Phi) is 6.18. The van der Waals surface area contributed by atoms with Gasteiger partial charge < -0.3 is 14.4 Å². The molecule has 4 aliphatic carbocycles. The molecule has 5 fully saturated rings. The van der Waals surface area contributed by atoms with Crippen molar-refractivity contribution in [3.63, 3.8) is 0 Å². The Labute approximate surface area is 245 Å². The number of alkyl halides is 3. The number of hydrogen-bond donors (Lipinski definition) is 0. The molecule has 5 nitrogen and oxygen atoms in total. The molecule has 7 rings (SSSR count). The van der Waals surface area contributed by atoms with Gasteiger partial charge in [0, 0.05) is 18.5 Å². The van der Waals surface area contributed by atoms with Crippen molar-refractivity contribution in [3.8, 4) is 17.6 Å². The van der Waals surface area contributed by atoms with Crippen LogP contribution in [0.15, 0.2) is 42.5 Å². The SMILES string of the molecule is CC1(C)CN(Cc2ccc(OCCC34CC5CC6CC(C3)C4(C6)C5)cc2)C(=O)[C@@H]1Oc1ccc(C#N)c(C(F)(F)F)c1. The second-order valence-corrected chi connectivity index (χ2v) is 14.4. The van der Waals surface area contributed by atoms with Crippen LogP contribution in [-0.2, 0) is 17.5 Å². The fourth-order valence-corrected chi connectivity index (χ4v) is 9.87. The van der Waals surface area contributed by atoms with Gasteiger partial charge in [-0.2, -0.15) is 18.4 Å². The van der Waals surface area contributed by atoms with Crippen molar-refractivity contribution in [3.05, 3.63) is 59.2 Å². The summed E-state index contributed by atoms with van der Waals surface area (Å²) in [5.41, 5.74) is -0.0770. The predicted molar refractivity (Wildman–Crippen MR) is 149 cm³/mol. The van der Waals surface area contributed by atoms with E-state index in [-0.39, 0.29) is 11.7 Å². The van der Waals surface area contributed by atoms with E-state index in [2.05, 4.69) is 0 Å². The van der Waals surface area contributed by atoms with Crippen LogP contribution < -0.4 is 9.47 Å². The van der Waals surface area contributed by atoms with E-state index in [0.717, 1.165) is 54.2 Å². The van der Waals surface area contributed by atoms with Crippen LogP contribution in [-0.4, -0.2) is 30.1 Å². The van der Waals surface area contributed by atoms with Crippen LogP contribution in [0, 0.1) is 45.3 Å². The van der Waals surface area contributed by atoms with E-state index in [1.807, 2.05) is 38.1 Å². The molecular formula is C34H37F3N2O3. The molecule has 2 aromatic carbocycles. The average Bonchev–Trinajstić information content (AvgIpc) is 3.36. The zero-order valence-electron chi connectivity index (χ0n) is 24.2. The van der Waals surface area contributed by atoms with Crippen LogP contribution in [0.1, 0.15) is 75.5 Å². The Morgan fingerprint density at radius 1 is 1.00 bits per heavy atom.